The van der Waals surface area contributed by atoms with Gasteiger partial charge in [0.25, 0.3) is 0 Å². The lowest BCUT2D eigenvalue weighted by Crippen LogP contribution is -2.43. The van der Waals surface area contributed by atoms with E-state index in [4.69, 9.17) is 5.73 Å². The van der Waals surface area contributed by atoms with Crippen molar-refractivity contribution in [2.45, 2.75) is 67.7 Å². The number of hydrogen-bond acceptors (Lipinski definition) is 1. The van der Waals surface area contributed by atoms with Gasteiger partial charge in [-0.05, 0) is 23.7 Å². The van der Waals surface area contributed by atoms with Crippen molar-refractivity contribution < 1.29 is 4.79 Å². The van der Waals surface area contributed by atoms with E-state index in [0.717, 1.165) is 12.8 Å². The van der Waals surface area contributed by atoms with Crippen molar-refractivity contribution in [1.82, 2.24) is 0 Å². The van der Waals surface area contributed by atoms with Gasteiger partial charge < -0.3 is 5.73 Å². The Morgan fingerprint density at radius 1 is 0.938 bits per heavy atom. The second-order valence-corrected chi connectivity index (χ2v) is 7.29. The number of primary amides is 1. The molecular formula is C14H29NO. The van der Waals surface area contributed by atoms with Crippen LogP contribution in [0.2, 0.25) is 0 Å². The highest BCUT2D eigenvalue weighted by Crippen LogP contribution is 2.43. The van der Waals surface area contributed by atoms with Crippen molar-refractivity contribution in [2.24, 2.45) is 22.0 Å². The summed E-state index contributed by atoms with van der Waals surface area (Å²) in [6.07, 6.45) is 3.37. The summed E-state index contributed by atoms with van der Waals surface area (Å²) < 4.78 is 0. The minimum atomic E-state index is -0.440. The van der Waals surface area contributed by atoms with Crippen molar-refractivity contribution in [2.75, 3.05) is 0 Å². The van der Waals surface area contributed by atoms with Crippen LogP contribution in [0.1, 0.15) is 67.7 Å². The summed E-state index contributed by atoms with van der Waals surface area (Å²) in [5, 5.41) is 0. The molecule has 2 nitrogen and oxygen atoms in total. The lowest BCUT2D eigenvalue weighted by Gasteiger charge is -2.39. The van der Waals surface area contributed by atoms with Gasteiger partial charge in [-0.3, -0.25) is 4.79 Å². The fraction of sp³-hybridized carbons (Fsp3) is 0.929. The first kappa shape index (κ1) is 15.5. The molecule has 16 heavy (non-hydrogen) atoms. The van der Waals surface area contributed by atoms with Gasteiger partial charge in [0.15, 0.2) is 0 Å². The third-order valence-corrected chi connectivity index (χ3v) is 4.04. The predicted molar refractivity (Wildman–Crippen MR) is 70.1 cm³/mol. The van der Waals surface area contributed by atoms with Gasteiger partial charge in [0.2, 0.25) is 5.91 Å². The predicted octanol–water partition coefficient (Wildman–Crippen LogP) is 3.74. The lowest BCUT2D eigenvalue weighted by molar-refractivity contribution is -0.132. The Hall–Kier alpha value is -0.530. The second kappa shape index (κ2) is 4.77. The Morgan fingerprint density at radius 3 is 1.69 bits per heavy atom. The van der Waals surface area contributed by atoms with Crippen LogP contribution in [0.25, 0.3) is 0 Å². The minimum Gasteiger partial charge on any atom is -0.369 e. The van der Waals surface area contributed by atoms with Crippen molar-refractivity contribution in [1.29, 1.82) is 0 Å². The van der Waals surface area contributed by atoms with Gasteiger partial charge in [0, 0.05) is 5.41 Å². The number of rotatable bonds is 5. The Kier molecular flexibility index (Phi) is 4.61. The minimum absolute atomic E-state index is 0.0376. The van der Waals surface area contributed by atoms with Crippen molar-refractivity contribution >= 4 is 5.91 Å². The van der Waals surface area contributed by atoms with Crippen LogP contribution >= 0.6 is 0 Å². The second-order valence-electron chi connectivity index (χ2n) is 7.29. The van der Waals surface area contributed by atoms with Gasteiger partial charge >= 0.3 is 0 Å². The zero-order valence-corrected chi connectivity index (χ0v) is 12.1. The summed E-state index contributed by atoms with van der Waals surface area (Å²) in [7, 11) is 0. The van der Waals surface area contributed by atoms with E-state index in [9.17, 15) is 4.79 Å². The lowest BCUT2D eigenvalue weighted by atomic mass is 9.64. The van der Waals surface area contributed by atoms with Crippen molar-refractivity contribution in [3.05, 3.63) is 0 Å². The fourth-order valence-corrected chi connectivity index (χ4v) is 1.71. The van der Waals surface area contributed by atoms with Crippen LogP contribution in [0, 0.1) is 16.2 Å². The number of hydrogen-bond donors (Lipinski definition) is 1. The van der Waals surface area contributed by atoms with Crippen LogP contribution in [-0.2, 0) is 4.79 Å². The summed E-state index contributed by atoms with van der Waals surface area (Å²) in [5.74, 6) is -0.201. The van der Waals surface area contributed by atoms with Gasteiger partial charge in [-0.1, -0.05) is 54.9 Å². The first-order chi connectivity index (χ1) is 6.90. The molecule has 0 bridgehead atoms. The molecule has 0 aliphatic carbocycles. The Bertz CT molecular complexity index is 246. The molecule has 0 spiro atoms. The molecule has 2 N–H and O–H groups in total. The highest BCUT2D eigenvalue weighted by Gasteiger charge is 2.41. The standard InChI is InChI=1S/C14H29NO/c1-12(2,3)9-8-10-13(4,5)14(6,7)11(15)16/h8-10H2,1-7H3,(H2,15,16). The molecule has 0 radical (unpaired) electrons. The highest BCUT2D eigenvalue weighted by molar-refractivity contribution is 5.80. The van der Waals surface area contributed by atoms with E-state index >= 15 is 0 Å². The van der Waals surface area contributed by atoms with Crippen LogP contribution in [0.15, 0.2) is 0 Å². The Morgan fingerprint density at radius 2 is 1.38 bits per heavy atom. The fourth-order valence-electron chi connectivity index (χ4n) is 1.71. The van der Waals surface area contributed by atoms with E-state index in [2.05, 4.69) is 34.6 Å². The summed E-state index contributed by atoms with van der Waals surface area (Å²) in [4.78, 5) is 11.4. The third kappa shape index (κ3) is 4.15. The van der Waals surface area contributed by atoms with E-state index < -0.39 is 5.41 Å². The molecule has 1 amide bonds. The van der Waals surface area contributed by atoms with Gasteiger partial charge in [0.1, 0.15) is 0 Å². The van der Waals surface area contributed by atoms with Crippen LogP contribution < -0.4 is 5.73 Å². The molecule has 0 aromatic heterocycles. The molecule has 0 saturated heterocycles. The SMILES string of the molecule is CC(C)(C)CCCC(C)(C)C(C)(C)C(N)=O. The molecule has 0 atom stereocenters. The van der Waals surface area contributed by atoms with Gasteiger partial charge in [-0.25, -0.2) is 0 Å². The van der Waals surface area contributed by atoms with Crippen LogP contribution in [0.5, 0.6) is 0 Å². The molecule has 0 aromatic rings. The number of carbonyl (C=O) groups excluding carboxylic acids is 1. The average molecular weight is 227 g/mol. The smallest absolute Gasteiger partial charge is 0.223 e. The molecule has 0 aromatic carbocycles. The average Bonchev–Trinajstić information content (AvgIpc) is 2.00. The van der Waals surface area contributed by atoms with E-state index in [0.29, 0.717) is 5.41 Å². The molecular weight excluding hydrogens is 198 g/mol. The molecule has 2 heteroatoms. The molecule has 0 aliphatic rings. The summed E-state index contributed by atoms with van der Waals surface area (Å²) in [5.41, 5.74) is 5.37. The van der Waals surface area contributed by atoms with Crippen molar-refractivity contribution in [3.8, 4) is 0 Å². The maximum Gasteiger partial charge on any atom is 0.223 e. The quantitative estimate of drug-likeness (QED) is 0.764. The van der Waals surface area contributed by atoms with E-state index in [1.165, 1.54) is 6.42 Å². The molecule has 0 unspecified atom stereocenters. The van der Waals surface area contributed by atoms with Crippen LogP contribution in [0.3, 0.4) is 0 Å². The first-order valence-electron chi connectivity index (χ1n) is 6.20. The molecule has 0 saturated carbocycles. The van der Waals surface area contributed by atoms with Gasteiger partial charge in [0.05, 0.1) is 0 Å². The van der Waals surface area contributed by atoms with Crippen LogP contribution in [0.4, 0.5) is 0 Å². The maximum atomic E-state index is 11.4. The van der Waals surface area contributed by atoms with Gasteiger partial charge in [-0.2, -0.15) is 0 Å². The monoisotopic (exact) mass is 227 g/mol. The Labute approximate surface area is 101 Å². The van der Waals surface area contributed by atoms with E-state index in [-0.39, 0.29) is 11.3 Å². The number of nitrogens with two attached hydrogens (primary N) is 1. The first-order valence-corrected chi connectivity index (χ1v) is 6.20. The van der Waals surface area contributed by atoms with Crippen molar-refractivity contribution in [3.63, 3.8) is 0 Å². The van der Waals surface area contributed by atoms with E-state index in [1.807, 2.05) is 13.8 Å². The van der Waals surface area contributed by atoms with E-state index in [1.54, 1.807) is 0 Å². The molecule has 96 valence electrons. The molecule has 0 heterocycles. The van der Waals surface area contributed by atoms with Gasteiger partial charge in [-0.15, -0.1) is 0 Å². The number of amides is 1. The molecule has 0 rings (SSSR count). The largest absolute Gasteiger partial charge is 0.369 e. The Balaban J connectivity index is 4.42. The molecule has 0 fully saturated rings. The zero-order valence-electron chi connectivity index (χ0n) is 12.1. The highest BCUT2D eigenvalue weighted by atomic mass is 16.1. The summed E-state index contributed by atoms with van der Waals surface area (Å²) in [6.45, 7) is 14.9. The zero-order chi connectivity index (χ0) is 13.2. The normalized spacial score (nSPS) is 13.9. The number of carbonyl (C=O) groups is 1. The summed E-state index contributed by atoms with van der Waals surface area (Å²) in [6, 6.07) is 0. The molecule has 0 aliphatic heterocycles. The maximum absolute atomic E-state index is 11.4. The van der Waals surface area contributed by atoms with Crippen LogP contribution in [-0.4, -0.2) is 5.91 Å². The third-order valence-electron chi connectivity index (χ3n) is 4.04. The topological polar surface area (TPSA) is 43.1 Å². The summed E-state index contributed by atoms with van der Waals surface area (Å²) >= 11 is 0.